The SMILES string of the molecule is O=C(Nc1ccc(F)c(F)c1)c1ccc(S(=O)(=O)c2ccc(Cl)cc2)nc1. The zero-order chi connectivity index (χ0) is 19.6. The smallest absolute Gasteiger partial charge is 0.257 e. The predicted octanol–water partition coefficient (Wildman–Crippen LogP) is 4.10. The highest BCUT2D eigenvalue weighted by Gasteiger charge is 2.20. The van der Waals surface area contributed by atoms with Crippen molar-refractivity contribution < 1.29 is 22.0 Å². The van der Waals surface area contributed by atoms with Crippen molar-refractivity contribution in [2.24, 2.45) is 0 Å². The highest BCUT2D eigenvalue weighted by molar-refractivity contribution is 7.91. The first-order valence-corrected chi connectivity index (χ1v) is 9.36. The second-order valence-electron chi connectivity index (χ2n) is 5.43. The first-order chi connectivity index (χ1) is 12.8. The average Bonchev–Trinajstić information content (AvgIpc) is 2.65. The van der Waals surface area contributed by atoms with Crippen LogP contribution in [0.2, 0.25) is 5.02 Å². The molecule has 138 valence electrons. The summed E-state index contributed by atoms with van der Waals surface area (Å²) >= 11 is 5.75. The van der Waals surface area contributed by atoms with Gasteiger partial charge in [-0.1, -0.05) is 11.6 Å². The summed E-state index contributed by atoms with van der Waals surface area (Å²) < 4.78 is 51.1. The number of hydrogen-bond acceptors (Lipinski definition) is 4. The number of carbonyl (C=O) groups excluding carboxylic acids is 1. The summed E-state index contributed by atoms with van der Waals surface area (Å²) in [6.07, 6.45) is 1.08. The van der Waals surface area contributed by atoms with Gasteiger partial charge in [-0.05, 0) is 48.5 Å². The van der Waals surface area contributed by atoms with Crippen molar-refractivity contribution in [2.45, 2.75) is 9.92 Å². The molecule has 9 heteroatoms. The number of nitrogens with one attached hydrogen (secondary N) is 1. The van der Waals surface area contributed by atoms with Gasteiger partial charge in [0.05, 0.1) is 10.5 Å². The number of hydrogen-bond donors (Lipinski definition) is 1. The molecule has 0 aliphatic heterocycles. The summed E-state index contributed by atoms with van der Waals surface area (Å²) in [6.45, 7) is 0. The van der Waals surface area contributed by atoms with E-state index in [2.05, 4.69) is 10.3 Å². The van der Waals surface area contributed by atoms with Crippen molar-refractivity contribution in [1.82, 2.24) is 4.98 Å². The van der Waals surface area contributed by atoms with Crippen molar-refractivity contribution in [3.8, 4) is 0 Å². The van der Waals surface area contributed by atoms with Crippen LogP contribution in [0.3, 0.4) is 0 Å². The Kier molecular flexibility index (Phi) is 5.20. The molecule has 2 aromatic carbocycles. The Morgan fingerprint density at radius 3 is 2.26 bits per heavy atom. The first kappa shape index (κ1) is 18.9. The van der Waals surface area contributed by atoms with Gasteiger partial charge in [0.25, 0.3) is 5.91 Å². The van der Waals surface area contributed by atoms with Crippen molar-refractivity contribution in [1.29, 1.82) is 0 Å². The third-order valence-electron chi connectivity index (χ3n) is 3.58. The van der Waals surface area contributed by atoms with Gasteiger partial charge in [-0.25, -0.2) is 22.2 Å². The van der Waals surface area contributed by atoms with Crippen LogP contribution in [0, 0.1) is 11.6 Å². The standard InChI is InChI=1S/C18H11ClF2N2O3S/c19-12-2-5-14(6-3-12)27(25,26)17-8-1-11(10-22-17)18(24)23-13-4-7-15(20)16(21)9-13/h1-10H,(H,23,24). The van der Waals surface area contributed by atoms with Crippen LogP contribution in [-0.4, -0.2) is 19.3 Å². The first-order valence-electron chi connectivity index (χ1n) is 7.50. The van der Waals surface area contributed by atoms with Crippen LogP contribution in [0.15, 0.2) is 70.7 Å². The summed E-state index contributed by atoms with van der Waals surface area (Å²) in [7, 11) is -3.86. The van der Waals surface area contributed by atoms with E-state index in [9.17, 15) is 22.0 Å². The molecule has 3 aromatic rings. The van der Waals surface area contributed by atoms with Crippen LogP contribution >= 0.6 is 11.6 Å². The maximum absolute atomic E-state index is 13.2. The van der Waals surface area contributed by atoms with Crippen LogP contribution in [0.25, 0.3) is 0 Å². The molecule has 0 spiro atoms. The third kappa shape index (κ3) is 4.12. The van der Waals surface area contributed by atoms with E-state index >= 15 is 0 Å². The van der Waals surface area contributed by atoms with Crippen LogP contribution in [0.5, 0.6) is 0 Å². The van der Waals surface area contributed by atoms with E-state index in [-0.39, 0.29) is 21.2 Å². The Balaban J connectivity index is 1.81. The Morgan fingerprint density at radius 2 is 1.67 bits per heavy atom. The normalized spacial score (nSPS) is 11.2. The van der Waals surface area contributed by atoms with Gasteiger partial charge in [0.15, 0.2) is 16.7 Å². The Bertz CT molecular complexity index is 1100. The third-order valence-corrected chi connectivity index (χ3v) is 5.51. The average molecular weight is 409 g/mol. The molecule has 0 atom stereocenters. The minimum atomic E-state index is -3.86. The Hall–Kier alpha value is -2.84. The molecule has 0 bridgehead atoms. The monoisotopic (exact) mass is 408 g/mol. The van der Waals surface area contributed by atoms with E-state index in [1.807, 2.05) is 0 Å². The predicted molar refractivity (Wildman–Crippen MR) is 95.5 cm³/mol. The molecular weight excluding hydrogens is 398 g/mol. The fraction of sp³-hybridized carbons (Fsp3) is 0. The zero-order valence-electron chi connectivity index (χ0n) is 13.5. The molecule has 1 amide bonds. The topological polar surface area (TPSA) is 76.1 Å². The molecular formula is C18H11ClF2N2O3S. The van der Waals surface area contributed by atoms with E-state index in [0.717, 1.165) is 18.3 Å². The van der Waals surface area contributed by atoms with Crippen LogP contribution < -0.4 is 5.32 Å². The molecule has 1 N–H and O–H groups in total. The quantitative estimate of drug-likeness (QED) is 0.705. The molecule has 3 rings (SSSR count). The molecule has 0 saturated carbocycles. The fourth-order valence-electron chi connectivity index (χ4n) is 2.19. The highest BCUT2D eigenvalue weighted by Crippen LogP contribution is 2.21. The van der Waals surface area contributed by atoms with Crippen LogP contribution in [0.4, 0.5) is 14.5 Å². The van der Waals surface area contributed by atoms with Crippen LogP contribution in [-0.2, 0) is 9.84 Å². The summed E-state index contributed by atoms with van der Waals surface area (Å²) in [5, 5.41) is 2.53. The van der Waals surface area contributed by atoms with E-state index in [0.29, 0.717) is 5.02 Å². The minimum absolute atomic E-state index is 0.0124. The second kappa shape index (κ2) is 7.42. The lowest BCUT2D eigenvalue weighted by Crippen LogP contribution is -2.13. The highest BCUT2D eigenvalue weighted by atomic mass is 35.5. The zero-order valence-corrected chi connectivity index (χ0v) is 15.1. The summed E-state index contributed by atoms with van der Waals surface area (Å²) in [4.78, 5) is 16.0. The van der Waals surface area contributed by atoms with Crippen molar-refractivity contribution in [3.63, 3.8) is 0 Å². The molecule has 5 nitrogen and oxygen atoms in total. The lowest BCUT2D eigenvalue weighted by molar-refractivity contribution is 0.102. The summed E-state index contributed by atoms with van der Waals surface area (Å²) in [6, 6.07) is 10.9. The van der Waals surface area contributed by atoms with Crippen molar-refractivity contribution in [3.05, 3.63) is 83.0 Å². The molecule has 0 aliphatic rings. The number of anilines is 1. The van der Waals surface area contributed by atoms with Gasteiger partial charge >= 0.3 is 0 Å². The number of pyridine rings is 1. The van der Waals surface area contributed by atoms with Gasteiger partial charge in [0, 0.05) is 23.0 Å². The molecule has 27 heavy (non-hydrogen) atoms. The van der Waals surface area contributed by atoms with Gasteiger partial charge in [0.1, 0.15) is 0 Å². The van der Waals surface area contributed by atoms with E-state index in [4.69, 9.17) is 11.6 Å². The number of aromatic nitrogens is 1. The number of nitrogens with zero attached hydrogens (tertiary/aromatic N) is 1. The maximum atomic E-state index is 13.2. The van der Waals surface area contributed by atoms with Crippen LogP contribution in [0.1, 0.15) is 10.4 Å². The van der Waals surface area contributed by atoms with E-state index in [1.165, 1.54) is 42.5 Å². The van der Waals surface area contributed by atoms with Gasteiger partial charge in [-0.2, -0.15) is 0 Å². The van der Waals surface area contributed by atoms with E-state index in [1.54, 1.807) is 0 Å². The fourth-order valence-corrected chi connectivity index (χ4v) is 3.49. The molecule has 1 aromatic heterocycles. The molecule has 0 unspecified atom stereocenters. The Labute approximate surface area is 158 Å². The van der Waals surface area contributed by atoms with Gasteiger partial charge in [-0.3, -0.25) is 4.79 Å². The maximum Gasteiger partial charge on any atom is 0.257 e. The van der Waals surface area contributed by atoms with Gasteiger partial charge < -0.3 is 5.32 Å². The number of amides is 1. The lowest BCUT2D eigenvalue weighted by Gasteiger charge is -2.07. The van der Waals surface area contributed by atoms with E-state index < -0.39 is 27.4 Å². The number of carbonyl (C=O) groups is 1. The van der Waals surface area contributed by atoms with Gasteiger partial charge in [-0.15, -0.1) is 0 Å². The second-order valence-corrected chi connectivity index (χ2v) is 7.76. The van der Waals surface area contributed by atoms with Crippen molar-refractivity contribution in [2.75, 3.05) is 5.32 Å². The minimum Gasteiger partial charge on any atom is -0.322 e. The molecule has 0 saturated heterocycles. The Morgan fingerprint density at radius 1 is 0.963 bits per heavy atom. The summed E-state index contributed by atoms with van der Waals surface area (Å²) in [5.74, 6) is -2.79. The molecule has 0 fully saturated rings. The number of benzene rings is 2. The number of rotatable bonds is 4. The number of halogens is 3. The largest absolute Gasteiger partial charge is 0.322 e. The van der Waals surface area contributed by atoms with Gasteiger partial charge in [0.2, 0.25) is 9.84 Å². The molecule has 1 heterocycles. The lowest BCUT2D eigenvalue weighted by atomic mass is 10.2. The van der Waals surface area contributed by atoms with Crippen molar-refractivity contribution >= 4 is 33.0 Å². The summed E-state index contributed by atoms with van der Waals surface area (Å²) in [5.41, 5.74) is 0.103. The number of sulfone groups is 1. The molecule has 0 aliphatic carbocycles. The molecule has 0 radical (unpaired) electrons.